The lowest BCUT2D eigenvalue weighted by Crippen LogP contribution is -2.49. The summed E-state index contributed by atoms with van der Waals surface area (Å²) >= 11 is 3.01. The topological polar surface area (TPSA) is 66.6 Å². The van der Waals surface area contributed by atoms with Crippen LogP contribution in [-0.4, -0.2) is 49.8 Å². The van der Waals surface area contributed by atoms with Gasteiger partial charge in [-0.05, 0) is 40.9 Å². The predicted octanol–water partition coefficient (Wildman–Crippen LogP) is 1.64. The highest BCUT2D eigenvalue weighted by Gasteiger charge is 2.35. The van der Waals surface area contributed by atoms with Crippen molar-refractivity contribution in [3.63, 3.8) is 0 Å². The molecule has 1 aromatic carbocycles. The average molecular weight is 378 g/mol. The Labute approximate surface area is 132 Å². The van der Waals surface area contributed by atoms with Crippen LogP contribution < -0.4 is 5.73 Å². The molecular formula is C13H17BrFN3O2S. The molecule has 2 N–H and O–H groups in total. The predicted molar refractivity (Wildman–Crippen MR) is 81.9 cm³/mol. The first-order valence-corrected chi connectivity index (χ1v) is 9.11. The van der Waals surface area contributed by atoms with E-state index in [0.717, 1.165) is 19.2 Å². The van der Waals surface area contributed by atoms with Gasteiger partial charge >= 0.3 is 0 Å². The number of halogens is 2. The smallest absolute Gasteiger partial charge is 0.245 e. The van der Waals surface area contributed by atoms with Gasteiger partial charge in [-0.25, -0.2) is 12.8 Å². The number of benzene rings is 1. The van der Waals surface area contributed by atoms with E-state index in [1.165, 1.54) is 23.2 Å². The number of hydrogen-bond donors (Lipinski definition) is 1. The van der Waals surface area contributed by atoms with Crippen LogP contribution in [0.25, 0.3) is 0 Å². The quantitative estimate of drug-likeness (QED) is 0.813. The molecule has 1 aromatic rings. The second-order valence-electron chi connectivity index (χ2n) is 5.48. The van der Waals surface area contributed by atoms with Crippen molar-refractivity contribution in [2.24, 2.45) is 0 Å². The van der Waals surface area contributed by atoms with Crippen LogP contribution in [0.4, 0.5) is 10.1 Å². The third-order valence-electron chi connectivity index (χ3n) is 4.01. The van der Waals surface area contributed by atoms with Gasteiger partial charge in [0, 0.05) is 32.2 Å². The van der Waals surface area contributed by atoms with Crippen molar-refractivity contribution in [3.8, 4) is 0 Å². The summed E-state index contributed by atoms with van der Waals surface area (Å²) in [6, 6.07) is 2.92. The first-order valence-electron chi connectivity index (χ1n) is 6.88. The Morgan fingerprint density at radius 2 is 1.81 bits per heavy atom. The average Bonchev–Trinajstić information content (AvgIpc) is 3.27. The second kappa shape index (κ2) is 5.49. The minimum Gasteiger partial charge on any atom is -0.398 e. The molecule has 1 heterocycles. The second-order valence-corrected chi connectivity index (χ2v) is 8.24. The zero-order valence-corrected chi connectivity index (χ0v) is 13.8. The van der Waals surface area contributed by atoms with E-state index in [1.807, 2.05) is 0 Å². The summed E-state index contributed by atoms with van der Waals surface area (Å²) in [5.41, 5.74) is 5.64. The van der Waals surface area contributed by atoms with Crippen LogP contribution in [0.15, 0.2) is 21.5 Å². The van der Waals surface area contributed by atoms with Gasteiger partial charge in [0.2, 0.25) is 10.0 Å². The summed E-state index contributed by atoms with van der Waals surface area (Å²) in [6.07, 6.45) is 2.43. The summed E-state index contributed by atoms with van der Waals surface area (Å²) in [5.74, 6) is -0.565. The van der Waals surface area contributed by atoms with Crippen LogP contribution >= 0.6 is 15.9 Å². The first-order chi connectivity index (χ1) is 9.89. The number of anilines is 1. The van der Waals surface area contributed by atoms with Gasteiger partial charge in [0.25, 0.3) is 0 Å². The fourth-order valence-corrected chi connectivity index (χ4v) is 4.70. The molecule has 2 fully saturated rings. The third kappa shape index (κ3) is 2.94. The number of rotatable bonds is 3. The van der Waals surface area contributed by atoms with Gasteiger partial charge in [-0.1, -0.05) is 0 Å². The zero-order valence-electron chi connectivity index (χ0n) is 11.4. The number of piperazine rings is 1. The molecule has 21 heavy (non-hydrogen) atoms. The highest BCUT2D eigenvalue weighted by molar-refractivity contribution is 9.10. The van der Waals surface area contributed by atoms with Crippen LogP contribution in [-0.2, 0) is 10.0 Å². The summed E-state index contributed by atoms with van der Waals surface area (Å²) in [4.78, 5) is 2.30. The largest absolute Gasteiger partial charge is 0.398 e. The molecule has 1 saturated heterocycles. The van der Waals surface area contributed by atoms with E-state index in [1.54, 1.807) is 0 Å². The lowest BCUT2D eigenvalue weighted by atomic mass is 10.3. The molecule has 0 unspecified atom stereocenters. The van der Waals surface area contributed by atoms with Crippen molar-refractivity contribution in [1.29, 1.82) is 0 Å². The van der Waals surface area contributed by atoms with Gasteiger partial charge in [0.05, 0.1) is 10.2 Å². The maximum atomic E-state index is 13.4. The molecule has 3 rings (SSSR count). The normalized spacial score (nSPS) is 21.6. The van der Waals surface area contributed by atoms with Gasteiger partial charge in [-0.2, -0.15) is 4.31 Å². The SMILES string of the molecule is Nc1cc(F)c(Br)cc1S(=O)(=O)N1CCN(C2CC2)CC1. The molecule has 0 aromatic heterocycles. The molecule has 2 aliphatic rings. The molecule has 1 aliphatic carbocycles. The third-order valence-corrected chi connectivity index (χ3v) is 6.57. The van der Waals surface area contributed by atoms with Gasteiger partial charge in [-0.3, -0.25) is 4.90 Å². The molecule has 1 aliphatic heterocycles. The lowest BCUT2D eigenvalue weighted by molar-refractivity contribution is 0.180. The molecule has 5 nitrogen and oxygen atoms in total. The molecule has 0 radical (unpaired) electrons. The number of hydrogen-bond acceptors (Lipinski definition) is 4. The number of nitrogen functional groups attached to an aromatic ring is 1. The summed E-state index contributed by atoms with van der Waals surface area (Å²) in [5, 5.41) is 0. The minimum absolute atomic E-state index is 0.0318. The van der Waals surface area contributed by atoms with E-state index in [0.29, 0.717) is 19.1 Å². The fourth-order valence-electron chi connectivity index (χ4n) is 2.66. The highest BCUT2D eigenvalue weighted by atomic mass is 79.9. The molecule has 0 spiro atoms. The Balaban J connectivity index is 1.82. The molecule has 0 atom stereocenters. The lowest BCUT2D eigenvalue weighted by Gasteiger charge is -2.34. The van der Waals surface area contributed by atoms with Crippen molar-refractivity contribution >= 4 is 31.6 Å². The van der Waals surface area contributed by atoms with E-state index < -0.39 is 15.8 Å². The van der Waals surface area contributed by atoms with Gasteiger partial charge in [0.15, 0.2) is 0 Å². The Bertz CT molecular complexity index is 656. The Morgan fingerprint density at radius 1 is 1.19 bits per heavy atom. The van der Waals surface area contributed by atoms with Crippen molar-refractivity contribution in [1.82, 2.24) is 9.21 Å². The number of sulfonamides is 1. The molecule has 0 amide bonds. The zero-order chi connectivity index (χ0) is 15.2. The van der Waals surface area contributed by atoms with Crippen molar-refractivity contribution in [2.45, 2.75) is 23.8 Å². The van der Waals surface area contributed by atoms with Crippen molar-refractivity contribution < 1.29 is 12.8 Å². The Kier molecular flexibility index (Phi) is 3.98. The standard InChI is InChI=1S/C13H17BrFN3O2S/c14-10-7-13(12(16)8-11(10)15)21(19,20)18-5-3-17(4-6-18)9-1-2-9/h7-9H,1-6,16H2. The number of nitrogens with two attached hydrogens (primary N) is 1. The molecule has 0 bridgehead atoms. The van der Waals surface area contributed by atoms with Crippen LogP contribution in [0.2, 0.25) is 0 Å². The monoisotopic (exact) mass is 377 g/mol. The van der Waals surface area contributed by atoms with E-state index >= 15 is 0 Å². The van der Waals surface area contributed by atoms with E-state index in [-0.39, 0.29) is 15.1 Å². The van der Waals surface area contributed by atoms with E-state index in [9.17, 15) is 12.8 Å². The van der Waals surface area contributed by atoms with Gasteiger partial charge in [-0.15, -0.1) is 0 Å². The van der Waals surface area contributed by atoms with Crippen molar-refractivity contribution in [2.75, 3.05) is 31.9 Å². The molecule has 116 valence electrons. The molecule has 1 saturated carbocycles. The van der Waals surface area contributed by atoms with Crippen LogP contribution in [0, 0.1) is 5.82 Å². The summed E-state index contributed by atoms with van der Waals surface area (Å²) in [6.45, 7) is 2.39. The van der Waals surface area contributed by atoms with Gasteiger partial charge in [0.1, 0.15) is 10.7 Å². The summed E-state index contributed by atoms with van der Waals surface area (Å²) in [7, 11) is -3.68. The van der Waals surface area contributed by atoms with Crippen LogP contribution in [0.5, 0.6) is 0 Å². The van der Waals surface area contributed by atoms with Crippen molar-refractivity contribution in [3.05, 3.63) is 22.4 Å². The first kappa shape index (κ1) is 15.2. The van der Waals surface area contributed by atoms with Crippen LogP contribution in [0.3, 0.4) is 0 Å². The fraction of sp³-hybridized carbons (Fsp3) is 0.538. The Morgan fingerprint density at radius 3 is 2.38 bits per heavy atom. The number of nitrogens with zero attached hydrogens (tertiary/aromatic N) is 2. The minimum atomic E-state index is -3.68. The van der Waals surface area contributed by atoms with E-state index in [4.69, 9.17) is 5.73 Å². The maximum absolute atomic E-state index is 13.4. The Hall–Kier alpha value is -0.700. The molecular weight excluding hydrogens is 361 g/mol. The van der Waals surface area contributed by atoms with Gasteiger partial charge < -0.3 is 5.73 Å². The summed E-state index contributed by atoms with van der Waals surface area (Å²) < 4.78 is 40.2. The highest BCUT2D eigenvalue weighted by Crippen LogP contribution is 2.31. The van der Waals surface area contributed by atoms with Crippen LogP contribution in [0.1, 0.15) is 12.8 Å². The molecule has 8 heteroatoms. The van der Waals surface area contributed by atoms with E-state index in [2.05, 4.69) is 20.8 Å². The maximum Gasteiger partial charge on any atom is 0.245 e.